The molecule has 42 heavy (non-hydrogen) atoms. The standard InChI is InChI=1S/C34H39N3O5/c1-23(2)25(18-31(38)39)19-35-32(40)34(16-17-37(22-34)20-24-10-4-3-5-11-24)36-33(41)42-21-30-28-14-8-6-12-26(28)27-13-7-9-15-29(27)30/h3-15,23,25,30H,16-22H2,1-2H3,(H,35,40)(H,36,41)(H,38,39). The van der Waals surface area contributed by atoms with E-state index < -0.39 is 17.6 Å². The first kappa shape index (κ1) is 29.3. The van der Waals surface area contributed by atoms with Gasteiger partial charge in [-0.2, -0.15) is 0 Å². The molecule has 1 fully saturated rings. The van der Waals surface area contributed by atoms with Crippen LogP contribution in [-0.4, -0.2) is 59.8 Å². The molecule has 0 aromatic heterocycles. The highest BCUT2D eigenvalue weighted by molar-refractivity contribution is 5.91. The van der Waals surface area contributed by atoms with Gasteiger partial charge in [-0.05, 0) is 46.1 Å². The molecule has 1 saturated heterocycles. The second kappa shape index (κ2) is 12.8. The third-order valence-electron chi connectivity index (χ3n) is 8.62. The van der Waals surface area contributed by atoms with Crippen LogP contribution in [0.4, 0.5) is 4.79 Å². The number of hydrogen-bond acceptors (Lipinski definition) is 5. The number of aliphatic carboxylic acids is 1. The van der Waals surface area contributed by atoms with Gasteiger partial charge in [0.1, 0.15) is 12.1 Å². The number of rotatable bonds is 11. The molecule has 3 N–H and O–H groups in total. The minimum Gasteiger partial charge on any atom is -0.481 e. The maximum atomic E-state index is 13.7. The molecule has 1 aliphatic carbocycles. The topological polar surface area (TPSA) is 108 Å². The van der Waals surface area contributed by atoms with Gasteiger partial charge in [0.05, 0.1) is 6.42 Å². The van der Waals surface area contributed by atoms with Gasteiger partial charge < -0.3 is 20.5 Å². The molecule has 3 aromatic rings. The fourth-order valence-corrected chi connectivity index (χ4v) is 6.20. The van der Waals surface area contributed by atoms with E-state index in [1.165, 1.54) is 0 Å². The summed E-state index contributed by atoms with van der Waals surface area (Å²) < 4.78 is 5.82. The molecule has 2 aliphatic rings. The van der Waals surface area contributed by atoms with E-state index in [2.05, 4.69) is 39.8 Å². The summed E-state index contributed by atoms with van der Waals surface area (Å²) in [6, 6.07) is 26.3. The summed E-state index contributed by atoms with van der Waals surface area (Å²) in [5.74, 6) is -1.45. The van der Waals surface area contributed by atoms with Crippen molar-refractivity contribution in [2.24, 2.45) is 11.8 Å². The molecule has 3 aromatic carbocycles. The van der Waals surface area contributed by atoms with Gasteiger partial charge in [-0.15, -0.1) is 0 Å². The first-order valence-corrected chi connectivity index (χ1v) is 14.7. The highest BCUT2D eigenvalue weighted by atomic mass is 16.5. The van der Waals surface area contributed by atoms with Gasteiger partial charge in [-0.3, -0.25) is 14.5 Å². The number of hydrogen-bond donors (Lipinski definition) is 3. The second-order valence-corrected chi connectivity index (χ2v) is 11.8. The Labute approximate surface area is 247 Å². The third-order valence-corrected chi connectivity index (χ3v) is 8.62. The molecule has 1 heterocycles. The van der Waals surface area contributed by atoms with E-state index in [0.717, 1.165) is 27.8 Å². The summed E-state index contributed by atoms with van der Waals surface area (Å²) in [5, 5.41) is 15.2. The molecule has 8 heteroatoms. The molecule has 0 spiro atoms. The van der Waals surface area contributed by atoms with Crippen LogP contribution in [0.15, 0.2) is 78.9 Å². The van der Waals surface area contributed by atoms with Crippen LogP contribution in [0.1, 0.15) is 49.3 Å². The first-order valence-electron chi connectivity index (χ1n) is 14.7. The summed E-state index contributed by atoms with van der Waals surface area (Å²) in [6.07, 6.45) is -0.258. The summed E-state index contributed by atoms with van der Waals surface area (Å²) in [5.41, 5.74) is 4.45. The van der Waals surface area contributed by atoms with Crippen molar-refractivity contribution in [3.8, 4) is 11.1 Å². The molecule has 0 radical (unpaired) electrons. The van der Waals surface area contributed by atoms with Crippen LogP contribution in [0.5, 0.6) is 0 Å². The molecule has 0 saturated carbocycles. The van der Waals surface area contributed by atoms with E-state index in [1.807, 2.05) is 68.4 Å². The van der Waals surface area contributed by atoms with Gasteiger partial charge in [0.25, 0.3) is 0 Å². The third kappa shape index (κ3) is 6.49. The van der Waals surface area contributed by atoms with E-state index in [4.69, 9.17) is 4.74 Å². The number of likely N-dealkylation sites (tertiary alicyclic amines) is 1. The van der Waals surface area contributed by atoms with Crippen molar-refractivity contribution < 1.29 is 24.2 Å². The highest BCUT2D eigenvalue weighted by Crippen LogP contribution is 2.44. The predicted octanol–water partition coefficient (Wildman–Crippen LogP) is 5.03. The molecule has 0 bridgehead atoms. The van der Waals surface area contributed by atoms with E-state index in [0.29, 0.717) is 26.1 Å². The predicted molar refractivity (Wildman–Crippen MR) is 161 cm³/mol. The number of nitrogens with zero attached hydrogens (tertiary/aromatic N) is 1. The van der Waals surface area contributed by atoms with Crippen LogP contribution in [0.2, 0.25) is 0 Å². The summed E-state index contributed by atoms with van der Waals surface area (Å²) >= 11 is 0. The number of carbonyl (C=O) groups is 3. The average molecular weight is 570 g/mol. The molecule has 8 nitrogen and oxygen atoms in total. The number of benzene rings is 3. The van der Waals surface area contributed by atoms with Crippen LogP contribution in [0.3, 0.4) is 0 Å². The number of fused-ring (bicyclic) bond motifs is 3. The summed E-state index contributed by atoms with van der Waals surface area (Å²) in [6.45, 7) is 5.85. The number of carboxylic acid groups (broad SMARTS) is 1. The minimum absolute atomic E-state index is 0.0368. The van der Waals surface area contributed by atoms with Crippen molar-refractivity contribution in [2.45, 2.75) is 44.7 Å². The zero-order chi connectivity index (χ0) is 29.7. The number of amides is 2. The SMILES string of the molecule is CC(C)C(CNC(=O)C1(NC(=O)OCC2c3ccccc3-c3ccccc32)CCN(Cc2ccccc2)C1)CC(=O)O. The number of ether oxygens (including phenoxy) is 1. The maximum Gasteiger partial charge on any atom is 0.408 e. The monoisotopic (exact) mass is 569 g/mol. The van der Waals surface area contributed by atoms with Gasteiger partial charge >= 0.3 is 12.1 Å². The lowest BCUT2D eigenvalue weighted by atomic mass is 9.91. The van der Waals surface area contributed by atoms with Crippen molar-refractivity contribution >= 4 is 18.0 Å². The van der Waals surface area contributed by atoms with Gasteiger partial charge in [-0.25, -0.2) is 4.79 Å². The Kier molecular flexibility index (Phi) is 8.92. The number of carboxylic acids is 1. The quantitative estimate of drug-likeness (QED) is 0.299. The molecule has 2 amide bonds. The van der Waals surface area contributed by atoms with Crippen molar-refractivity contribution in [1.29, 1.82) is 0 Å². The van der Waals surface area contributed by atoms with Crippen LogP contribution < -0.4 is 10.6 Å². The largest absolute Gasteiger partial charge is 0.481 e. The lowest BCUT2D eigenvalue weighted by Gasteiger charge is -2.30. The van der Waals surface area contributed by atoms with E-state index in [9.17, 15) is 19.5 Å². The number of carbonyl (C=O) groups excluding carboxylic acids is 2. The average Bonchev–Trinajstić information content (AvgIpc) is 3.53. The Morgan fingerprint density at radius 1 is 0.952 bits per heavy atom. The lowest BCUT2D eigenvalue weighted by Crippen LogP contribution is -2.61. The Hall–Kier alpha value is -4.17. The fourth-order valence-electron chi connectivity index (χ4n) is 6.20. The Balaban J connectivity index is 1.29. The Bertz CT molecular complexity index is 1380. The Morgan fingerprint density at radius 3 is 2.19 bits per heavy atom. The van der Waals surface area contributed by atoms with Crippen molar-refractivity contribution in [3.05, 3.63) is 95.6 Å². The number of alkyl carbamates (subject to hydrolysis) is 1. The molecule has 5 rings (SSSR count). The Morgan fingerprint density at radius 2 is 1.57 bits per heavy atom. The van der Waals surface area contributed by atoms with Crippen LogP contribution >= 0.6 is 0 Å². The van der Waals surface area contributed by atoms with Gasteiger partial charge in [0.15, 0.2) is 0 Å². The van der Waals surface area contributed by atoms with Crippen molar-refractivity contribution in [3.63, 3.8) is 0 Å². The molecule has 1 aliphatic heterocycles. The van der Waals surface area contributed by atoms with E-state index in [-0.39, 0.29) is 43.2 Å². The molecular weight excluding hydrogens is 530 g/mol. The van der Waals surface area contributed by atoms with Crippen LogP contribution in [-0.2, 0) is 20.9 Å². The zero-order valence-electron chi connectivity index (χ0n) is 24.2. The zero-order valence-corrected chi connectivity index (χ0v) is 24.2. The van der Waals surface area contributed by atoms with Crippen molar-refractivity contribution in [2.75, 3.05) is 26.2 Å². The summed E-state index contributed by atoms with van der Waals surface area (Å²) in [7, 11) is 0. The molecular formula is C34H39N3O5. The van der Waals surface area contributed by atoms with Crippen LogP contribution in [0.25, 0.3) is 11.1 Å². The van der Waals surface area contributed by atoms with E-state index in [1.54, 1.807) is 0 Å². The summed E-state index contributed by atoms with van der Waals surface area (Å²) in [4.78, 5) is 40.6. The first-order chi connectivity index (χ1) is 20.3. The highest BCUT2D eigenvalue weighted by Gasteiger charge is 2.46. The maximum absolute atomic E-state index is 13.7. The van der Waals surface area contributed by atoms with Gasteiger partial charge in [-0.1, -0.05) is 92.7 Å². The van der Waals surface area contributed by atoms with Gasteiger partial charge in [0, 0.05) is 32.1 Å². The smallest absolute Gasteiger partial charge is 0.408 e. The number of nitrogens with one attached hydrogen (secondary N) is 2. The molecule has 2 atom stereocenters. The second-order valence-electron chi connectivity index (χ2n) is 11.8. The van der Waals surface area contributed by atoms with Crippen molar-refractivity contribution in [1.82, 2.24) is 15.5 Å². The van der Waals surface area contributed by atoms with Gasteiger partial charge in [0.2, 0.25) is 5.91 Å². The normalized spacial score (nSPS) is 18.7. The minimum atomic E-state index is -1.19. The van der Waals surface area contributed by atoms with E-state index >= 15 is 0 Å². The van der Waals surface area contributed by atoms with Crippen LogP contribution in [0, 0.1) is 11.8 Å². The lowest BCUT2D eigenvalue weighted by molar-refractivity contribution is -0.139. The molecule has 220 valence electrons. The fraction of sp³-hybridized carbons (Fsp3) is 0.382. The molecule has 2 unspecified atom stereocenters.